The molecule has 0 bridgehead atoms. The molecule has 1 saturated heterocycles. The van der Waals surface area contributed by atoms with Gasteiger partial charge in [0.1, 0.15) is 0 Å². The van der Waals surface area contributed by atoms with Gasteiger partial charge in [-0.25, -0.2) is 0 Å². The summed E-state index contributed by atoms with van der Waals surface area (Å²) in [5, 5.41) is 0. The van der Waals surface area contributed by atoms with E-state index in [0.29, 0.717) is 12.5 Å². The van der Waals surface area contributed by atoms with Crippen molar-refractivity contribution in [2.24, 2.45) is 17.8 Å². The number of ether oxygens (including phenoxy) is 1. The third-order valence-electron chi connectivity index (χ3n) is 5.59. The van der Waals surface area contributed by atoms with Gasteiger partial charge in [-0.2, -0.15) is 0 Å². The number of hydrogen-bond donors (Lipinski definition) is 0. The highest BCUT2D eigenvalue weighted by Gasteiger charge is 2.33. The Kier molecular flexibility index (Phi) is 7.38. The van der Waals surface area contributed by atoms with Gasteiger partial charge < -0.3 is 9.64 Å². The minimum atomic E-state index is -0.0870. The van der Waals surface area contributed by atoms with Gasteiger partial charge in [-0.1, -0.05) is 26.2 Å². The van der Waals surface area contributed by atoms with Crippen molar-refractivity contribution in [1.29, 1.82) is 0 Å². The van der Waals surface area contributed by atoms with E-state index in [2.05, 4.69) is 6.92 Å². The van der Waals surface area contributed by atoms with E-state index >= 15 is 0 Å². The summed E-state index contributed by atoms with van der Waals surface area (Å²) < 4.78 is 5.09. The molecule has 1 saturated carbocycles. The first-order valence-corrected chi connectivity index (χ1v) is 9.61. The predicted molar refractivity (Wildman–Crippen MR) is 90.9 cm³/mol. The van der Waals surface area contributed by atoms with Crippen LogP contribution in [-0.2, 0) is 14.3 Å². The summed E-state index contributed by atoms with van der Waals surface area (Å²) in [4.78, 5) is 26.5. The minimum Gasteiger partial charge on any atom is -0.466 e. The van der Waals surface area contributed by atoms with Crippen molar-refractivity contribution in [3.8, 4) is 0 Å². The second kappa shape index (κ2) is 9.29. The van der Waals surface area contributed by atoms with Crippen LogP contribution in [0, 0.1) is 17.8 Å². The molecule has 23 heavy (non-hydrogen) atoms. The summed E-state index contributed by atoms with van der Waals surface area (Å²) in [7, 11) is 0. The summed E-state index contributed by atoms with van der Waals surface area (Å²) in [5.74, 6) is 1.31. The van der Waals surface area contributed by atoms with Crippen molar-refractivity contribution >= 4 is 11.9 Å². The number of hydrogen-bond acceptors (Lipinski definition) is 3. The third kappa shape index (κ3) is 5.22. The lowest BCUT2D eigenvalue weighted by molar-refractivity contribution is -0.152. The number of carbonyl (C=O) groups is 2. The lowest BCUT2D eigenvalue weighted by Gasteiger charge is -2.35. The molecule has 1 heterocycles. The summed E-state index contributed by atoms with van der Waals surface area (Å²) >= 11 is 0. The van der Waals surface area contributed by atoms with Crippen LogP contribution in [0.3, 0.4) is 0 Å². The van der Waals surface area contributed by atoms with E-state index in [9.17, 15) is 9.59 Å². The van der Waals surface area contributed by atoms with Crippen molar-refractivity contribution in [1.82, 2.24) is 4.90 Å². The van der Waals surface area contributed by atoms with Crippen LogP contribution in [-0.4, -0.2) is 36.5 Å². The highest BCUT2D eigenvalue weighted by atomic mass is 16.5. The van der Waals surface area contributed by atoms with E-state index in [1.807, 2.05) is 11.8 Å². The van der Waals surface area contributed by atoms with Crippen molar-refractivity contribution < 1.29 is 14.3 Å². The minimum absolute atomic E-state index is 0.0104. The average Bonchev–Trinajstić information content (AvgIpc) is 2.60. The van der Waals surface area contributed by atoms with E-state index in [4.69, 9.17) is 4.74 Å². The topological polar surface area (TPSA) is 46.6 Å². The molecule has 0 radical (unpaired) electrons. The van der Waals surface area contributed by atoms with Crippen molar-refractivity contribution in [3.63, 3.8) is 0 Å². The average molecular weight is 323 g/mol. The monoisotopic (exact) mass is 323 g/mol. The summed E-state index contributed by atoms with van der Waals surface area (Å²) in [6.07, 6.45) is 10.0. The molecule has 0 N–H and O–H groups in total. The zero-order chi connectivity index (χ0) is 16.7. The summed E-state index contributed by atoms with van der Waals surface area (Å²) in [6.45, 7) is 5.97. The van der Waals surface area contributed by atoms with E-state index in [1.54, 1.807) is 0 Å². The van der Waals surface area contributed by atoms with E-state index < -0.39 is 0 Å². The molecule has 0 unspecified atom stereocenters. The zero-order valence-corrected chi connectivity index (χ0v) is 14.9. The van der Waals surface area contributed by atoms with Crippen LogP contribution in [0.25, 0.3) is 0 Å². The Balaban J connectivity index is 1.72. The molecule has 0 aromatic heterocycles. The molecule has 1 amide bonds. The molecule has 1 aliphatic carbocycles. The Bertz CT molecular complexity index is 380. The van der Waals surface area contributed by atoms with Crippen LogP contribution < -0.4 is 0 Å². The van der Waals surface area contributed by atoms with Crippen LogP contribution in [0.2, 0.25) is 0 Å². The Hall–Kier alpha value is -1.06. The molecule has 4 nitrogen and oxygen atoms in total. The maximum Gasteiger partial charge on any atom is 0.309 e. The first kappa shape index (κ1) is 18.3. The van der Waals surface area contributed by atoms with Crippen LogP contribution in [0.1, 0.15) is 71.6 Å². The molecule has 0 aromatic carbocycles. The molecule has 1 aliphatic heterocycles. The van der Waals surface area contributed by atoms with Crippen LogP contribution in [0.4, 0.5) is 0 Å². The Morgan fingerprint density at radius 1 is 0.957 bits per heavy atom. The summed E-state index contributed by atoms with van der Waals surface area (Å²) in [5.41, 5.74) is 0. The molecular weight excluding hydrogens is 290 g/mol. The predicted octanol–water partition coefficient (Wildman–Crippen LogP) is 3.78. The number of rotatable bonds is 6. The second-order valence-electron chi connectivity index (χ2n) is 7.21. The fourth-order valence-electron chi connectivity index (χ4n) is 4.04. The zero-order valence-electron chi connectivity index (χ0n) is 14.9. The highest BCUT2D eigenvalue weighted by molar-refractivity contribution is 5.79. The van der Waals surface area contributed by atoms with Gasteiger partial charge in [0.25, 0.3) is 0 Å². The van der Waals surface area contributed by atoms with Gasteiger partial charge in [-0.05, 0) is 51.4 Å². The molecule has 2 aliphatic rings. The molecule has 0 atom stereocenters. The van der Waals surface area contributed by atoms with E-state index in [1.165, 1.54) is 32.1 Å². The lowest BCUT2D eigenvalue weighted by Crippen LogP contribution is -2.44. The standard InChI is InChI=1S/C19H33NO3/c1-3-5-6-15-7-9-16(10-8-15)18(21)20-13-11-17(12-14-20)19(22)23-4-2/h15-17H,3-14H2,1-2H3. The van der Waals surface area contributed by atoms with Crippen LogP contribution in [0.15, 0.2) is 0 Å². The first-order chi connectivity index (χ1) is 11.2. The van der Waals surface area contributed by atoms with Gasteiger partial charge in [0, 0.05) is 19.0 Å². The van der Waals surface area contributed by atoms with Gasteiger partial charge >= 0.3 is 5.97 Å². The smallest absolute Gasteiger partial charge is 0.309 e. The second-order valence-corrected chi connectivity index (χ2v) is 7.21. The maximum atomic E-state index is 12.7. The van der Waals surface area contributed by atoms with E-state index in [-0.39, 0.29) is 17.8 Å². The lowest BCUT2D eigenvalue weighted by atomic mass is 9.79. The normalized spacial score (nSPS) is 26.1. The molecule has 2 rings (SSSR count). The fraction of sp³-hybridized carbons (Fsp3) is 0.895. The number of esters is 1. The van der Waals surface area contributed by atoms with Crippen molar-refractivity contribution in [3.05, 3.63) is 0 Å². The number of nitrogens with zero attached hydrogens (tertiary/aromatic N) is 1. The molecule has 4 heteroatoms. The molecule has 132 valence electrons. The van der Waals surface area contributed by atoms with Gasteiger partial charge in [-0.3, -0.25) is 9.59 Å². The Labute approximate surface area is 140 Å². The number of amides is 1. The van der Waals surface area contributed by atoms with Crippen molar-refractivity contribution in [2.75, 3.05) is 19.7 Å². The van der Waals surface area contributed by atoms with Gasteiger partial charge in [0.15, 0.2) is 0 Å². The highest BCUT2D eigenvalue weighted by Crippen LogP contribution is 2.33. The largest absolute Gasteiger partial charge is 0.466 e. The molecule has 2 fully saturated rings. The quantitative estimate of drug-likeness (QED) is 0.699. The van der Waals surface area contributed by atoms with Crippen LogP contribution >= 0.6 is 0 Å². The fourth-order valence-corrected chi connectivity index (χ4v) is 4.04. The van der Waals surface area contributed by atoms with Crippen LogP contribution in [0.5, 0.6) is 0 Å². The SMILES string of the molecule is CCCCC1CCC(C(=O)N2CCC(C(=O)OCC)CC2)CC1. The first-order valence-electron chi connectivity index (χ1n) is 9.61. The maximum absolute atomic E-state index is 12.7. The van der Waals surface area contributed by atoms with E-state index in [0.717, 1.165) is 44.7 Å². The third-order valence-corrected chi connectivity index (χ3v) is 5.59. The molecule has 0 spiro atoms. The van der Waals surface area contributed by atoms with Gasteiger partial charge in [-0.15, -0.1) is 0 Å². The number of likely N-dealkylation sites (tertiary alicyclic amines) is 1. The molecule has 0 aromatic rings. The number of unbranched alkanes of at least 4 members (excludes halogenated alkanes) is 1. The summed E-state index contributed by atoms with van der Waals surface area (Å²) in [6, 6.07) is 0. The molecular formula is C19H33NO3. The number of piperidine rings is 1. The van der Waals surface area contributed by atoms with Gasteiger partial charge in [0.05, 0.1) is 12.5 Å². The van der Waals surface area contributed by atoms with Gasteiger partial charge in [0.2, 0.25) is 5.91 Å². The Morgan fingerprint density at radius 3 is 2.17 bits per heavy atom. The van der Waals surface area contributed by atoms with Crippen molar-refractivity contribution in [2.45, 2.75) is 71.6 Å². The number of carbonyl (C=O) groups excluding carboxylic acids is 2. The Morgan fingerprint density at radius 2 is 1.61 bits per heavy atom.